The number of hydrogen-bond acceptors (Lipinski definition) is 3. The van der Waals surface area contributed by atoms with Gasteiger partial charge in [-0.05, 0) is 18.2 Å². The van der Waals surface area contributed by atoms with Crippen LogP contribution in [-0.4, -0.2) is 24.0 Å². The molecule has 0 N–H and O–H groups in total. The third kappa shape index (κ3) is 1.84. The van der Waals surface area contributed by atoms with Crippen molar-refractivity contribution in [2.24, 2.45) is 0 Å². The van der Waals surface area contributed by atoms with Gasteiger partial charge in [0.1, 0.15) is 22.3 Å². The van der Waals surface area contributed by atoms with Gasteiger partial charge in [0.2, 0.25) is 0 Å². The smallest absolute Gasteiger partial charge is 0.148 e. The molecule has 0 aliphatic heterocycles. The molecule has 0 spiro atoms. The number of benzene rings is 1. The Balaban J connectivity index is 2.53. The van der Waals surface area contributed by atoms with Gasteiger partial charge in [0, 0.05) is 6.07 Å². The zero-order valence-electron chi connectivity index (χ0n) is 8.98. The van der Waals surface area contributed by atoms with Gasteiger partial charge in [-0.3, -0.25) is 0 Å². The largest absolute Gasteiger partial charge is 0.497 e. The molecule has 0 amide bonds. The van der Waals surface area contributed by atoms with Crippen LogP contribution in [0.3, 0.4) is 0 Å². The molecule has 5 heteroatoms. The van der Waals surface area contributed by atoms with Crippen LogP contribution in [0.5, 0.6) is 11.5 Å². The number of hydrogen-bond donors (Lipinski definition) is 0. The van der Waals surface area contributed by atoms with Crippen LogP contribution in [0.15, 0.2) is 30.5 Å². The lowest BCUT2D eigenvalue weighted by atomic mass is 10.3. The van der Waals surface area contributed by atoms with Gasteiger partial charge in [-0.1, -0.05) is 11.6 Å². The molecule has 1 aromatic heterocycles. The SMILES string of the molecule is COc1ccc(-n2nccc2Cl)c(OC)c1. The standard InChI is InChI=1S/C11H11ClN2O2/c1-15-8-3-4-9(10(7-8)16-2)14-11(12)5-6-13-14/h3-7H,1-2H3. The van der Waals surface area contributed by atoms with Crippen LogP contribution in [0, 0.1) is 0 Å². The summed E-state index contributed by atoms with van der Waals surface area (Å²) in [6.07, 6.45) is 1.63. The Labute approximate surface area is 98.4 Å². The van der Waals surface area contributed by atoms with Gasteiger partial charge in [-0.25, -0.2) is 4.68 Å². The number of halogens is 1. The van der Waals surface area contributed by atoms with E-state index < -0.39 is 0 Å². The van der Waals surface area contributed by atoms with Crippen LogP contribution in [0.2, 0.25) is 5.15 Å². The molecule has 0 bridgehead atoms. The van der Waals surface area contributed by atoms with Gasteiger partial charge in [0.15, 0.2) is 0 Å². The lowest BCUT2D eigenvalue weighted by Gasteiger charge is -2.10. The summed E-state index contributed by atoms with van der Waals surface area (Å²) < 4.78 is 12.0. The summed E-state index contributed by atoms with van der Waals surface area (Å²) in [6, 6.07) is 7.17. The third-order valence-electron chi connectivity index (χ3n) is 2.21. The molecule has 0 aliphatic carbocycles. The third-order valence-corrected chi connectivity index (χ3v) is 2.50. The second kappa shape index (κ2) is 4.45. The topological polar surface area (TPSA) is 36.3 Å². The van der Waals surface area contributed by atoms with Gasteiger partial charge in [0.25, 0.3) is 0 Å². The second-order valence-corrected chi connectivity index (χ2v) is 3.49. The van der Waals surface area contributed by atoms with Crippen molar-refractivity contribution in [3.63, 3.8) is 0 Å². The Morgan fingerprint density at radius 3 is 2.56 bits per heavy atom. The lowest BCUT2D eigenvalue weighted by Crippen LogP contribution is -2.00. The fourth-order valence-corrected chi connectivity index (χ4v) is 1.62. The average molecular weight is 239 g/mol. The van der Waals surface area contributed by atoms with Crippen molar-refractivity contribution in [3.8, 4) is 17.2 Å². The highest BCUT2D eigenvalue weighted by Gasteiger charge is 2.09. The van der Waals surface area contributed by atoms with E-state index in [0.717, 1.165) is 11.4 Å². The monoisotopic (exact) mass is 238 g/mol. The Kier molecular flexibility index (Phi) is 3.01. The second-order valence-electron chi connectivity index (χ2n) is 3.10. The summed E-state index contributed by atoms with van der Waals surface area (Å²) in [4.78, 5) is 0. The van der Waals surface area contributed by atoms with Crippen molar-refractivity contribution in [1.82, 2.24) is 9.78 Å². The number of methoxy groups -OCH3 is 2. The molecule has 2 rings (SSSR count). The first-order valence-electron chi connectivity index (χ1n) is 4.68. The minimum absolute atomic E-state index is 0.531. The van der Waals surface area contributed by atoms with Gasteiger partial charge >= 0.3 is 0 Å². The molecule has 0 saturated carbocycles. The maximum Gasteiger partial charge on any atom is 0.148 e. The van der Waals surface area contributed by atoms with Crippen LogP contribution < -0.4 is 9.47 Å². The summed E-state index contributed by atoms with van der Waals surface area (Å²) in [6.45, 7) is 0. The van der Waals surface area contributed by atoms with E-state index in [4.69, 9.17) is 21.1 Å². The molecule has 1 heterocycles. The molecular weight excluding hydrogens is 228 g/mol. The molecular formula is C11H11ClN2O2. The maximum atomic E-state index is 5.99. The molecule has 1 aromatic carbocycles. The highest BCUT2D eigenvalue weighted by atomic mass is 35.5. The molecule has 0 unspecified atom stereocenters. The van der Waals surface area contributed by atoms with Crippen molar-refractivity contribution >= 4 is 11.6 Å². The Hall–Kier alpha value is -1.68. The first-order chi connectivity index (χ1) is 7.76. The van der Waals surface area contributed by atoms with E-state index in [-0.39, 0.29) is 0 Å². The van der Waals surface area contributed by atoms with Gasteiger partial charge < -0.3 is 9.47 Å². The molecule has 2 aromatic rings. The van der Waals surface area contributed by atoms with Crippen LogP contribution in [-0.2, 0) is 0 Å². The zero-order valence-corrected chi connectivity index (χ0v) is 9.73. The van der Waals surface area contributed by atoms with E-state index in [1.807, 2.05) is 12.1 Å². The Morgan fingerprint density at radius 2 is 2.00 bits per heavy atom. The maximum absolute atomic E-state index is 5.99. The van der Waals surface area contributed by atoms with Crippen molar-refractivity contribution in [3.05, 3.63) is 35.6 Å². The lowest BCUT2D eigenvalue weighted by molar-refractivity contribution is 0.392. The summed E-state index contributed by atoms with van der Waals surface area (Å²) in [5.41, 5.74) is 0.776. The minimum Gasteiger partial charge on any atom is -0.497 e. The normalized spacial score (nSPS) is 10.2. The Morgan fingerprint density at radius 1 is 1.19 bits per heavy atom. The van der Waals surface area contributed by atoms with E-state index in [2.05, 4.69) is 5.10 Å². The summed E-state index contributed by atoms with van der Waals surface area (Å²) in [5.74, 6) is 1.38. The number of aromatic nitrogens is 2. The van der Waals surface area contributed by atoms with Crippen LogP contribution >= 0.6 is 11.6 Å². The van der Waals surface area contributed by atoms with Crippen LogP contribution in [0.25, 0.3) is 5.69 Å². The predicted octanol–water partition coefficient (Wildman–Crippen LogP) is 2.54. The number of nitrogens with zero attached hydrogens (tertiary/aromatic N) is 2. The molecule has 0 fully saturated rings. The molecule has 0 aliphatic rings. The minimum atomic E-state index is 0.531. The zero-order chi connectivity index (χ0) is 11.5. The summed E-state index contributed by atoms with van der Waals surface area (Å²) in [7, 11) is 3.20. The highest BCUT2D eigenvalue weighted by Crippen LogP contribution is 2.29. The highest BCUT2D eigenvalue weighted by molar-refractivity contribution is 6.29. The fourth-order valence-electron chi connectivity index (χ4n) is 1.42. The fraction of sp³-hybridized carbons (Fsp3) is 0.182. The number of ether oxygens (including phenoxy) is 2. The summed E-state index contributed by atoms with van der Waals surface area (Å²) >= 11 is 5.99. The van der Waals surface area contributed by atoms with Crippen molar-refractivity contribution in [2.75, 3.05) is 14.2 Å². The molecule has 4 nitrogen and oxygen atoms in total. The quantitative estimate of drug-likeness (QED) is 0.825. The molecule has 0 radical (unpaired) electrons. The van der Waals surface area contributed by atoms with Gasteiger partial charge in [-0.15, -0.1) is 0 Å². The predicted molar refractivity (Wildman–Crippen MR) is 61.7 cm³/mol. The first kappa shape index (κ1) is 10.8. The Bertz CT molecular complexity index is 496. The van der Waals surface area contributed by atoms with Crippen LogP contribution in [0.1, 0.15) is 0 Å². The van der Waals surface area contributed by atoms with E-state index in [0.29, 0.717) is 10.9 Å². The first-order valence-corrected chi connectivity index (χ1v) is 5.06. The van der Waals surface area contributed by atoms with E-state index in [9.17, 15) is 0 Å². The van der Waals surface area contributed by atoms with Crippen molar-refractivity contribution < 1.29 is 9.47 Å². The summed E-state index contributed by atoms with van der Waals surface area (Å²) in [5, 5.41) is 4.65. The van der Waals surface area contributed by atoms with E-state index >= 15 is 0 Å². The molecule has 16 heavy (non-hydrogen) atoms. The molecule has 0 saturated heterocycles. The van der Waals surface area contributed by atoms with Crippen molar-refractivity contribution in [1.29, 1.82) is 0 Å². The van der Waals surface area contributed by atoms with Gasteiger partial charge in [-0.2, -0.15) is 5.10 Å². The van der Waals surface area contributed by atoms with Crippen LogP contribution in [0.4, 0.5) is 0 Å². The average Bonchev–Trinajstić information content (AvgIpc) is 2.74. The number of rotatable bonds is 3. The van der Waals surface area contributed by atoms with Gasteiger partial charge in [0.05, 0.1) is 20.4 Å². The molecule has 84 valence electrons. The molecule has 0 atom stereocenters. The van der Waals surface area contributed by atoms with E-state index in [1.54, 1.807) is 37.2 Å². The van der Waals surface area contributed by atoms with E-state index in [1.165, 1.54) is 0 Å². The van der Waals surface area contributed by atoms with Crippen molar-refractivity contribution in [2.45, 2.75) is 0 Å².